The van der Waals surface area contributed by atoms with Crippen molar-refractivity contribution in [1.29, 1.82) is 0 Å². The molecule has 1 aromatic carbocycles. The van der Waals surface area contributed by atoms with Crippen molar-refractivity contribution in [3.63, 3.8) is 0 Å². The zero-order valence-corrected chi connectivity index (χ0v) is 13.5. The lowest BCUT2D eigenvalue weighted by atomic mass is 9.96. The van der Waals surface area contributed by atoms with Crippen LogP contribution in [0.3, 0.4) is 0 Å². The number of hydrogen-bond acceptors (Lipinski definition) is 3. The Balaban J connectivity index is 0.000000394. The van der Waals surface area contributed by atoms with Gasteiger partial charge in [-0.15, -0.1) is 0 Å². The van der Waals surface area contributed by atoms with Gasteiger partial charge >= 0.3 is 5.97 Å². The molecule has 1 atom stereocenters. The van der Waals surface area contributed by atoms with Crippen molar-refractivity contribution in [2.24, 2.45) is 0 Å². The molecule has 6 heteroatoms. The Hall–Kier alpha value is -1.75. The van der Waals surface area contributed by atoms with Crippen molar-refractivity contribution in [3.8, 4) is 5.75 Å². The number of benzene rings is 1. The van der Waals surface area contributed by atoms with E-state index in [1.54, 1.807) is 13.2 Å². The maximum absolute atomic E-state index is 10.7. The average Bonchev–Trinajstić information content (AvgIpc) is 2.39. The molecule has 0 bridgehead atoms. The van der Waals surface area contributed by atoms with E-state index in [0.29, 0.717) is 11.4 Å². The summed E-state index contributed by atoms with van der Waals surface area (Å²) in [5.74, 6) is -0.577. The first-order valence-corrected chi connectivity index (χ1v) is 6.95. The van der Waals surface area contributed by atoms with E-state index < -0.39 is 11.5 Å². The Morgan fingerprint density at radius 2 is 1.95 bits per heavy atom. The van der Waals surface area contributed by atoms with Gasteiger partial charge in [-0.25, -0.2) is 4.79 Å². The normalized spacial score (nSPS) is 12.4. The van der Waals surface area contributed by atoms with Gasteiger partial charge in [0.1, 0.15) is 11.3 Å². The van der Waals surface area contributed by atoms with Crippen LogP contribution in [0.25, 0.3) is 0 Å². The molecule has 5 nitrogen and oxygen atoms in total. The van der Waals surface area contributed by atoms with E-state index in [4.69, 9.17) is 21.4 Å². The zero-order chi connectivity index (χ0) is 16.5. The molecule has 2 N–H and O–H groups in total. The summed E-state index contributed by atoms with van der Waals surface area (Å²) in [6, 6.07) is 7.36. The fourth-order valence-electron chi connectivity index (χ4n) is 1.72. The van der Waals surface area contributed by atoms with Gasteiger partial charge in [-0.1, -0.05) is 37.1 Å². The minimum atomic E-state index is -1.11. The molecule has 0 aliphatic carbocycles. The standard InChI is InChI=1S/C8H15NO3.C7H7ClO/c1-4-5-8(3,7(11)12)9-6(2)10;1-9-7-5-3-2-4-6(7)8/h4-5H2,1-3H3,(H,9,10)(H,11,12);2-5H,1H3. The molecule has 0 heterocycles. The lowest BCUT2D eigenvalue weighted by Crippen LogP contribution is -2.51. The fourth-order valence-corrected chi connectivity index (χ4v) is 1.93. The van der Waals surface area contributed by atoms with Gasteiger partial charge in [0.15, 0.2) is 0 Å². The molecule has 21 heavy (non-hydrogen) atoms. The van der Waals surface area contributed by atoms with Gasteiger partial charge in [0.2, 0.25) is 5.91 Å². The smallest absolute Gasteiger partial charge is 0.329 e. The lowest BCUT2D eigenvalue weighted by molar-refractivity contribution is -0.146. The van der Waals surface area contributed by atoms with Crippen molar-refractivity contribution in [1.82, 2.24) is 5.32 Å². The number of methoxy groups -OCH3 is 1. The SMILES string of the molecule is CCCC(C)(NC(C)=O)C(=O)O.COc1ccccc1Cl. The average molecular weight is 316 g/mol. The second kappa shape index (κ2) is 9.23. The molecule has 0 aliphatic heterocycles. The Labute approximate surface area is 130 Å². The number of carboxylic acid groups (broad SMARTS) is 1. The number of amides is 1. The highest BCUT2D eigenvalue weighted by molar-refractivity contribution is 6.32. The van der Waals surface area contributed by atoms with Crippen molar-refractivity contribution in [3.05, 3.63) is 29.3 Å². The molecular weight excluding hydrogens is 294 g/mol. The van der Waals surface area contributed by atoms with Crippen LogP contribution in [0.4, 0.5) is 0 Å². The summed E-state index contributed by atoms with van der Waals surface area (Å²) < 4.78 is 4.91. The summed E-state index contributed by atoms with van der Waals surface area (Å²) in [5.41, 5.74) is -1.11. The topological polar surface area (TPSA) is 75.6 Å². The zero-order valence-electron chi connectivity index (χ0n) is 12.8. The highest BCUT2D eigenvalue weighted by Gasteiger charge is 2.32. The van der Waals surface area contributed by atoms with Gasteiger partial charge in [0.25, 0.3) is 0 Å². The van der Waals surface area contributed by atoms with Crippen LogP contribution in [0.15, 0.2) is 24.3 Å². The van der Waals surface area contributed by atoms with Crippen LogP contribution in [0, 0.1) is 0 Å². The number of nitrogens with one attached hydrogen (secondary N) is 1. The van der Waals surface area contributed by atoms with Gasteiger partial charge in [-0.3, -0.25) is 4.79 Å². The van der Waals surface area contributed by atoms with Gasteiger partial charge in [-0.05, 0) is 25.5 Å². The van der Waals surface area contributed by atoms with Crippen molar-refractivity contribution < 1.29 is 19.4 Å². The second-order valence-electron chi connectivity index (χ2n) is 4.70. The van der Waals surface area contributed by atoms with E-state index in [2.05, 4.69) is 5.32 Å². The summed E-state index contributed by atoms with van der Waals surface area (Å²) in [6.45, 7) is 4.71. The molecule has 0 saturated carbocycles. The van der Waals surface area contributed by atoms with E-state index in [-0.39, 0.29) is 5.91 Å². The van der Waals surface area contributed by atoms with E-state index in [9.17, 15) is 9.59 Å². The Kier molecular flexibility index (Phi) is 8.47. The quantitative estimate of drug-likeness (QED) is 0.875. The molecule has 0 aromatic heterocycles. The van der Waals surface area contributed by atoms with E-state index in [0.717, 1.165) is 12.2 Å². The molecule has 0 saturated heterocycles. The molecule has 0 fully saturated rings. The Morgan fingerprint density at radius 1 is 1.38 bits per heavy atom. The van der Waals surface area contributed by atoms with Gasteiger partial charge in [-0.2, -0.15) is 0 Å². The molecule has 1 rings (SSSR count). The predicted molar refractivity (Wildman–Crippen MR) is 82.8 cm³/mol. The van der Waals surface area contributed by atoms with Crippen LogP contribution in [0.5, 0.6) is 5.75 Å². The van der Waals surface area contributed by atoms with Gasteiger partial charge in [0, 0.05) is 6.92 Å². The van der Waals surface area contributed by atoms with Crippen LogP contribution in [-0.2, 0) is 9.59 Å². The third-order valence-corrected chi connectivity index (χ3v) is 3.04. The number of para-hydroxylation sites is 1. The van der Waals surface area contributed by atoms with E-state index in [1.165, 1.54) is 13.8 Å². The minimum Gasteiger partial charge on any atom is -0.495 e. The molecule has 0 aliphatic rings. The van der Waals surface area contributed by atoms with Gasteiger partial charge < -0.3 is 15.2 Å². The lowest BCUT2D eigenvalue weighted by Gasteiger charge is -2.24. The van der Waals surface area contributed by atoms with Crippen LogP contribution in [0.1, 0.15) is 33.6 Å². The molecule has 1 unspecified atom stereocenters. The number of rotatable bonds is 5. The van der Waals surface area contributed by atoms with Crippen LogP contribution in [0.2, 0.25) is 5.02 Å². The minimum absolute atomic E-state index is 0.312. The number of halogens is 1. The van der Waals surface area contributed by atoms with Crippen LogP contribution >= 0.6 is 11.6 Å². The molecular formula is C15H22ClNO4. The maximum Gasteiger partial charge on any atom is 0.329 e. The van der Waals surface area contributed by atoms with Crippen molar-refractivity contribution >= 4 is 23.5 Å². The third-order valence-electron chi connectivity index (χ3n) is 2.73. The number of carbonyl (C=O) groups excluding carboxylic acids is 1. The summed E-state index contributed by atoms with van der Waals surface area (Å²) in [7, 11) is 1.60. The molecule has 118 valence electrons. The second-order valence-corrected chi connectivity index (χ2v) is 5.11. The van der Waals surface area contributed by atoms with E-state index in [1.807, 2.05) is 25.1 Å². The first kappa shape index (κ1) is 19.2. The molecule has 1 amide bonds. The molecule has 0 spiro atoms. The first-order chi connectivity index (χ1) is 9.76. The maximum atomic E-state index is 10.7. The molecule has 1 aromatic rings. The summed E-state index contributed by atoms with van der Waals surface area (Å²) >= 11 is 5.70. The number of carboxylic acids is 1. The van der Waals surface area contributed by atoms with Crippen molar-refractivity contribution in [2.75, 3.05) is 7.11 Å². The monoisotopic (exact) mass is 315 g/mol. The molecule has 0 radical (unpaired) electrons. The summed E-state index contributed by atoms with van der Waals surface area (Å²) in [5, 5.41) is 11.9. The van der Waals surface area contributed by atoms with Crippen LogP contribution in [-0.4, -0.2) is 29.6 Å². The highest BCUT2D eigenvalue weighted by Crippen LogP contribution is 2.21. The van der Waals surface area contributed by atoms with Gasteiger partial charge in [0.05, 0.1) is 12.1 Å². The van der Waals surface area contributed by atoms with Crippen LogP contribution < -0.4 is 10.1 Å². The number of hydrogen-bond donors (Lipinski definition) is 2. The third kappa shape index (κ3) is 6.99. The predicted octanol–water partition coefficient (Wildman–Crippen LogP) is 3.11. The number of aliphatic carboxylic acids is 1. The van der Waals surface area contributed by atoms with E-state index >= 15 is 0 Å². The summed E-state index contributed by atoms with van der Waals surface area (Å²) in [6.07, 6.45) is 1.17. The first-order valence-electron chi connectivity index (χ1n) is 6.57. The number of ether oxygens (including phenoxy) is 1. The summed E-state index contributed by atoms with van der Waals surface area (Å²) in [4.78, 5) is 21.4. The number of carbonyl (C=O) groups is 2. The largest absolute Gasteiger partial charge is 0.495 e. The Bertz CT molecular complexity index is 478. The Morgan fingerprint density at radius 3 is 2.29 bits per heavy atom. The van der Waals surface area contributed by atoms with Crippen molar-refractivity contribution in [2.45, 2.75) is 39.2 Å². The highest BCUT2D eigenvalue weighted by atomic mass is 35.5. The fraction of sp³-hybridized carbons (Fsp3) is 0.467.